The molecule has 1 aliphatic heterocycles. The number of nitrogens with zero attached hydrogens (tertiary/aromatic N) is 2. The zero-order valence-electron chi connectivity index (χ0n) is 7.40. The fourth-order valence-corrected chi connectivity index (χ4v) is 1.38. The van der Waals surface area contributed by atoms with Crippen LogP contribution in [0.3, 0.4) is 0 Å². The second kappa shape index (κ2) is 3.59. The third kappa shape index (κ3) is 1.85. The quantitative estimate of drug-likeness (QED) is 0.752. The van der Waals surface area contributed by atoms with Gasteiger partial charge in [-0.15, -0.1) is 5.11 Å². The fraction of sp³-hybridized carbons (Fsp3) is 0.500. The topological polar surface area (TPSA) is 62.0 Å². The number of allylic oxidation sites excluding steroid dienone is 1. The van der Waals surface area contributed by atoms with E-state index in [2.05, 4.69) is 10.2 Å². The van der Waals surface area contributed by atoms with Gasteiger partial charge in [-0.3, -0.25) is 0 Å². The van der Waals surface area contributed by atoms with Gasteiger partial charge in [-0.25, -0.2) is 4.79 Å². The summed E-state index contributed by atoms with van der Waals surface area (Å²) in [6.07, 6.45) is -10.9. The zero-order valence-corrected chi connectivity index (χ0v) is 8.15. The number of halogens is 7. The standard InChI is InChI=1S/C6HClF6N2O2/c7-1-2(5(8,9)10)14-15-4(1,3(16)17)6(11,12)13/h(H,16,17). The average Bonchev–Trinajstić information content (AvgIpc) is 2.40. The van der Waals surface area contributed by atoms with Gasteiger partial charge in [0.25, 0.3) is 0 Å². The van der Waals surface area contributed by atoms with Gasteiger partial charge in [0.2, 0.25) is 0 Å². The lowest BCUT2D eigenvalue weighted by atomic mass is 9.99. The van der Waals surface area contributed by atoms with Crippen molar-refractivity contribution in [1.82, 2.24) is 0 Å². The second-order valence-corrected chi connectivity index (χ2v) is 3.25. The zero-order chi connectivity index (χ0) is 13.6. The van der Waals surface area contributed by atoms with E-state index in [1.807, 2.05) is 0 Å². The van der Waals surface area contributed by atoms with Gasteiger partial charge in [-0.05, 0) is 0 Å². The second-order valence-electron chi connectivity index (χ2n) is 2.87. The molecule has 0 aromatic heterocycles. The van der Waals surface area contributed by atoms with Crippen LogP contribution in [0.4, 0.5) is 26.3 Å². The van der Waals surface area contributed by atoms with Gasteiger partial charge < -0.3 is 5.11 Å². The molecular weight excluding hydrogens is 282 g/mol. The fourth-order valence-electron chi connectivity index (χ4n) is 1.00. The minimum absolute atomic E-state index is 2.02. The summed E-state index contributed by atoms with van der Waals surface area (Å²) in [5.74, 6) is -2.68. The molecule has 0 saturated carbocycles. The number of hydrogen-bond acceptors (Lipinski definition) is 3. The molecule has 0 bridgehead atoms. The Hall–Kier alpha value is -1.32. The molecule has 0 amide bonds. The van der Waals surface area contributed by atoms with E-state index >= 15 is 0 Å². The van der Waals surface area contributed by atoms with Gasteiger partial charge >= 0.3 is 23.9 Å². The van der Waals surface area contributed by atoms with E-state index in [-0.39, 0.29) is 0 Å². The van der Waals surface area contributed by atoms with Crippen LogP contribution in [0.1, 0.15) is 0 Å². The molecule has 1 rings (SSSR count). The monoisotopic (exact) mass is 282 g/mol. The van der Waals surface area contributed by atoms with Gasteiger partial charge in [-0.2, -0.15) is 31.5 Å². The summed E-state index contributed by atoms with van der Waals surface area (Å²) in [6.45, 7) is 0. The molecule has 96 valence electrons. The van der Waals surface area contributed by atoms with E-state index < -0.39 is 34.6 Å². The summed E-state index contributed by atoms with van der Waals surface area (Å²) in [7, 11) is 0. The SMILES string of the molecule is O=C(O)C1(C(F)(F)F)N=NC(C(F)(F)F)=C1Cl. The van der Waals surface area contributed by atoms with Crippen LogP contribution >= 0.6 is 11.6 Å². The van der Waals surface area contributed by atoms with Gasteiger partial charge in [0, 0.05) is 0 Å². The first-order valence-corrected chi connectivity index (χ1v) is 4.03. The van der Waals surface area contributed by atoms with E-state index in [0.29, 0.717) is 0 Å². The summed E-state index contributed by atoms with van der Waals surface area (Å²) >= 11 is 4.84. The molecule has 1 aliphatic rings. The molecule has 17 heavy (non-hydrogen) atoms. The molecule has 1 atom stereocenters. The highest BCUT2D eigenvalue weighted by Gasteiger charge is 2.69. The normalized spacial score (nSPS) is 25.6. The maximum atomic E-state index is 12.5. The van der Waals surface area contributed by atoms with Gasteiger partial charge in [0.15, 0.2) is 5.70 Å². The van der Waals surface area contributed by atoms with Crippen molar-refractivity contribution in [2.75, 3.05) is 0 Å². The van der Waals surface area contributed by atoms with Gasteiger partial charge in [-0.1, -0.05) is 11.6 Å². The van der Waals surface area contributed by atoms with Crippen molar-refractivity contribution >= 4 is 17.6 Å². The van der Waals surface area contributed by atoms with Crippen molar-refractivity contribution in [3.63, 3.8) is 0 Å². The molecule has 1 unspecified atom stereocenters. The Morgan fingerprint density at radius 2 is 1.71 bits per heavy atom. The maximum absolute atomic E-state index is 12.5. The Labute approximate surface area is 93.6 Å². The molecule has 11 heteroatoms. The minimum Gasteiger partial charge on any atom is -0.479 e. The maximum Gasteiger partial charge on any atom is 0.436 e. The smallest absolute Gasteiger partial charge is 0.436 e. The number of azo groups is 1. The van der Waals surface area contributed by atoms with E-state index in [9.17, 15) is 31.1 Å². The predicted octanol–water partition coefficient (Wildman–Crippen LogP) is 2.85. The molecular formula is C6HClF6N2O2. The van der Waals surface area contributed by atoms with Crippen molar-refractivity contribution in [3.8, 4) is 0 Å². The molecule has 0 aromatic rings. The number of carboxylic acids is 1. The molecule has 0 saturated heterocycles. The van der Waals surface area contributed by atoms with Crippen LogP contribution < -0.4 is 0 Å². The van der Waals surface area contributed by atoms with E-state index in [1.165, 1.54) is 0 Å². The highest BCUT2D eigenvalue weighted by Crippen LogP contribution is 2.50. The Morgan fingerprint density at radius 3 is 1.88 bits per heavy atom. The number of alkyl halides is 6. The number of carbonyl (C=O) groups is 1. The lowest BCUT2D eigenvalue weighted by molar-refractivity contribution is -0.191. The van der Waals surface area contributed by atoms with Crippen LogP contribution in [0, 0.1) is 0 Å². The summed E-state index contributed by atoms with van der Waals surface area (Å²) in [5, 5.41) is 10.7. The van der Waals surface area contributed by atoms with Crippen LogP contribution in [0.2, 0.25) is 0 Å². The van der Waals surface area contributed by atoms with Crippen LogP contribution in [-0.4, -0.2) is 29.0 Å². The molecule has 0 aromatic carbocycles. The summed E-state index contributed by atoms with van der Waals surface area (Å²) in [5.41, 5.74) is -6.35. The first-order valence-electron chi connectivity index (χ1n) is 3.65. The van der Waals surface area contributed by atoms with Crippen LogP contribution in [0.15, 0.2) is 21.0 Å². The molecule has 4 nitrogen and oxygen atoms in total. The van der Waals surface area contributed by atoms with Gasteiger partial charge in [0.05, 0.1) is 0 Å². The lowest BCUT2D eigenvalue weighted by Gasteiger charge is -2.22. The van der Waals surface area contributed by atoms with E-state index in [4.69, 9.17) is 16.7 Å². The average molecular weight is 283 g/mol. The third-order valence-corrected chi connectivity index (χ3v) is 2.27. The van der Waals surface area contributed by atoms with Crippen molar-refractivity contribution in [1.29, 1.82) is 0 Å². The number of carboxylic acid groups (broad SMARTS) is 1. The molecule has 0 aliphatic carbocycles. The van der Waals surface area contributed by atoms with Crippen molar-refractivity contribution < 1.29 is 36.2 Å². The lowest BCUT2D eigenvalue weighted by Crippen LogP contribution is -2.50. The third-order valence-electron chi connectivity index (χ3n) is 1.81. The molecule has 0 fully saturated rings. The largest absolute Gasteiger partial charge is 0.479 e. The summed E-state index contributed by atoms with van der Waals surface area (Å²) < 4.78 is 73.8. The van der Waals surface area contributed by atoms with Gasteiger partial charge in [0.1, 0.15) is 5.03 Å². The first-order chi connectivity index (χ1) is 7.44. The predicted molar refractivity (Wildman–Crippen MR) is 40.2 cm³/mol. The van der Waals surface area contributed by atoms with Crippen molar-refractivity contribution in [3.05, 3.63) is 10.7 Å². The minimum atomic E-state index is -5.63. The first kappa shape index (κ1) is 13.7. The van der Waals surface area contributed by atoms with Crippen LogP contribution in [0.5, 0.6) is 0 Å². The highest BCUT2D eigenvalue weighted by atomic mass is 35.5. The number of hydrogen-bond donors (Lipinski definition) is 1. The van der Waals surface area contributed by atoms with Crippen LogP contribution in [-0.2, 0) is 4.79 Å². The van der Waals surface area contributed by atoms with Crippen molar-refractivity contribution in [2.24, 2.45) is 10.2 Å². The van der Waals surface area contributed by atoms with E-state index in [0.717, 1.165) is 0 Å². The Kier molecular flexibility index (Phi) is 2.90. The highest BCUT2D eigenvalue weighted by molar-refractivity contribution is 6.33. The van der Waals surface area contributed by atoms with Crippen molar-refractivity contribution in [2.45, 2.75) is 17.9 Å². The number of rotatable bonds is 1. The Balaban J connectivity index is 3.48. The van der Waals surface area contributed by atoms with Crippen LogP contribution in [0.25, 0.3) is 0 Å². The molecule has 1 N–H and O–H groups in total. The van der Waals surface area contributed by atoms with E-state index in [1.54, 1.807) is 0 Å². The Morgan fingerprint density at radius 1 is 1.24 bits per heavy atom. The summed E-state index contributed by atoms with van der Waals surface area (Å²) in [4.78, 5) is 10.5. The molecule has 0 radical (unpaired) electrons. The Bertz CT molecular complexity index is 425. The molecule has 0 spiro atoms. The molecule has 1 heterocycles. The summed E-state index contributed by atoms with van der Waals surface area (Å²) in [6, 6.07) is 0. The number of aliphatic carboxylic acids is 1.